The summed E-state index contributed by atoms with van der Waals surface area (Å²) in [6.45, 7) is 5.05. The van der Waals surface area contributed by atoms with Crippen LogP contribution >= 0.6 is 34.4 Å². The Morgan fingerprint density at radius 3 is 2.76 bits per heavy atom. The summed E-state index contributed by atoms with van der Waals surface area (Å²) >= 11 is 4.72. The van der Waals surface area contributed by atoms with Crippen LogP contribution in [-0.4, -0.2) is 31.4 Å². The number of thiophene rings is 1. The molecule has 1 amide bonds. The van der Waals surface area contributed by atoms with Crippen LogP contribution in [0.5, 0.6) is 0 Å². The van der Waals surface area contributed by atoms with Gasteiger partial charge in [-0.25, -0.2) is 4.98 Å². The summed E-state index contributed by atoms with van der Waals surface area (Å²) < 4.78 is 2.17. The van der Waals surface area contributed by atoms with Crippen LogP contribution < -0.4 is 5.32 Å². The van der Waals surface area contributed by atoms with E-state index in [1.54, 1.807) is 0 Å². The van der Waals surface area contributed by atoms with E-state index in [-0.39, 0.29) is 11.7 Å². The van der Waals surface area contributed by atoms with Gasteiger partial charge in [-0.15, -0.1) is 32.9 Å². The van der Waals surface area contributed by atoms with Crippen LogP contribution in [0.2, 0.25) is 0 Å². The smallest absolute Gasteiger partial charge is 0.236 e. The highest BCUT2D eigenvalue weighted by atomic mass is 32.2. The summed E-state index contributed by atoms with van der Waals surface area (Å²) in [5.41, 5.74) is 5.81. The van der Waals surface area contributed by atoms with Gasteiger partial charge in [-0.05, 0) is 44.6 Å². The monoisotopic (exact) mass is 509 g/mol. The van der Waals surface area contributed by atoms with Gasteiger partial charge < -0.3 is 9.88 Å². The molecule has 0 spiro atoms. The minimum atomic E-state index is -0.0877. The lowest BCUT2D eigenvalue weighted by Crippen LogP contribution is -2.14. The average Bonchev–Trinajstić information content (AvgIpc) is 3.57. The number of nitrogens with zero attached hydrogens (tertiary/aromatic N) is 4. The van der Waals surface area contributed by atoms with Crippen molar-refractivity contribution in [1.82, 2.24) is 19.7 Å². The van der Waals surface area contributed by atoms with Gasteiger partial charge in [-0.1, -0.05) is 48.5 Å². The summed E-state index contributed by atoms with van der Waals surface area (Å²) in [5, 5.41) is 17.6. The number of hydrogen-bond acceptors (Lipinski definition) is 7. The van der Waals surface area contributed by atoms with Crippen LogP contribution in [-0.2, 0) is 24.2 Å². The molecule has 0 saturated carbocycles. The topological polar surface area (TPSA) is 72.7 Å². The van der Waals surface area contributed by atoms with Gasteiger partial charge in [0.2, 0.25) is 5.91 Å². The molecule has 1 aliphatic carbocycles. The van der Waals surface area contributed by atoms with Crippen molar-refractivity contribution in [2.24, 2.45) is 0 Å². The Morgan fingerprint density at radius 1 is 1.12 bits per heavy atom. The van der Waals surface area contributed by atoms with Crippen LogP contribution in [0.4, 0.5) is 5.13 Å². The maximum atomic E-state index is 12.7. The number of fused-ring (bicyclic) bond motifs is 1. The van der Waals surface area contributed by atoms with Gasteiger partial charge in [0.25, 0.3) is 0 Å². The molecule has 5 rings (SSSR count). The Bertz CT molecular complexity index is 1290. The molecular formula is C25H27N5OS3. The number of anilines is 1. The number of thiazole rings is 1. The number of aromatic nitrogens is 4. The molecule has 3 heterocycles. The second-order valence-corrected chi connectivity index (χ2v) is 11.2. The number of hydrogen-bond donors (Lipinski definition) is 1. The fraction of sp³-hybridized carbons (Fsp3) is 0.360. The number of thioether (sulfide) groups is 1. The van der Waals surface area contributed by atoms with Crippen molar-refractivity contribution in [2.75, 3.05) is 11.1 Å². The molecule has 1 N–H and O–H groups in total. The minimum absolute atomic E-state index is 0.0877. The highest BCUT2D eigenvalue weighted by Crippen LogP contribution is 2.37. The van der Waals surface area contributed by atoms with Crippen molar-refractivity contribution in [3.8, 4) is 22.6 Å². The summed E-state index contributed by atoms with van der Waals surface area (Å²) in [6, 6.07) is 8.23. The lowest BCUT2D eigenvalue weighted by Gasteiger charge is -2.13. The van der Waals surface area contributed by atoms with E-state index in [4.69, 9.17) is 0 Å². The van der Waals surface area contributed by atoms with Crippen LogP contribution in [0.15, 0.2) is 40.2 Å². The lowest BCUT2D eigenvalue weighted by atomic mass is 9.95. The van der Waals surface area contributed by atoms with Crippen LogP contribution in [0.25, 0.3) is 22.6 Å². The third kappa shape index (κ3) is 4.96. The first-order valence-electron chi connectivity index (χ1n) is 11.6. The highest BCUT2D eigenvalue weighted by molar-refractivity contribution is 7.99. The molecule has 0 atom stereocenters. The third-order valence-electron chi connectivity index (χ3n) is 5.90. The number of benzene rings is 1. The number of nitrogens with one attached hydrogen (secondary N) is 1. The quantitative estimate of drug-likeness (QED) is 0.276. The van der Waals surface area contributed by atoms with Crippen molar-refractivity contribution in [3.05, 3.63) is 51.0 Å². The Labute approximate surface area is 211 Å². The molecule has 0 unspecified atom stereocenters. The second-order valence-electron chi connectivity index (χ2n) is 8.46. The third-order valence-corrected chi connectivity index (χ3v) is 8.71. The van der Waals surface area contributed by atoms with E-state index >= 15 is 0 Å². The summed E-state index contributed by atoms with van der Waals surface area (Å²) in [5.74, 6) is 1.12. The molecule has 3 aromatic heterocycles. The molecule has 4 aromatic rings. The van der Waals surface area contributed by atoms with Crippen molar-refractivity contribution in [1.29, 1.82) is 0 Å². The number of rotatable bonds is 8. The molecule has 1 aromatic carbocycles. The van der Waals surface area contributed by atoms with Crippen molar-refractivity contribution in [2.45, 2.75) is 57.7 Å². The van der Waals surface area contributed by atoms with Gasteiger partial charge in [0.05, 0.1) is 11.4 Å². The molecule has 0 aliphatic heterocycles. The van der Waals surface area contributed by atoms with Gasteiger partial charge in [0, 0.05) is 33.3 Å². The van der Waals surface area contributed by atoms with E-state index in [9.17, 15) is 4.79 Å². The molecule has 176 valence electrons. The van der Waals surface area contributed by atoms with Gasteiger partial charge in [-0.2, -0.15) is 0 Å². The summed E-state index contributed by atoms with van der Waals surface area (Å²) in [7, 11) is 0. The van der Waals surface area contributed by atoms with Crippen LogP contribution in [0.1, 0.15) is 42.2 Å². The normalized spacial score (nSPS) is 13.1. The van der Waals surface area contributed by atoms with Gasteiger partial charge in [-0.3, -0.25) is 4.79 Å². The number of carbonyl (C=O) groups is 1. The van der Waals surface area contributed by atoms with Crippen molar-refractivity contribution >= 4 is 45.5 Å². The van der Waals surface area contributed by atoms with E-state index in [0.29, 0.717) is 5.13 Å². The Morgan fingerprint density at radius 2 is 1.94 bits per heavy atom. The van der Waals surface area contributed by atoms with E-state index in [1.165, 1.54) is 63.9 Å². The minimum Gasteiger partial charge on any atom is -0.302 e. The zero-order valence-electron chi connectivity index (χ0n) is 19.3. The van der Waals surface area contributed by atoms with E-state index in [1.807, 2.05) is 16.7 Å². The summed E-state index contributed by atoms with van der Waals surface area (Å²) in [4.78, 5) is 18.7. The molecule has 0 fully saturated rings. The first-order valence-corrected chi connectivity index (χ1v) is 14.3. The van der Waals surface area contributed by atoms with E-state index in [0.717, 1.165) is 41.6 Å². The predicted molar refractivity (Wildman–Crippen MR) is 142 cm³/mol. The Kier molecular flexibility index (Phi) is 7.12. The van der Waals surface area contributed by atoms with Crippen molar-refractivity contribution < 1.29 is 4.79 Å². The maximum Gasteiger partial charge on any atom is 0.236 e. The molecule has 6 nitrogen and oxygen atoms in total. The van der Waals surface area contributed by atoms with Gasteiger partial charge >= 0.3 is 0 Å². The van der Waals surface area contributed by atoms with Crippen molar-refractivity contribution in [3.63, 3.8) is 0 Å². The Balaban J connectivity index is 1.26. The molecule has 34 heavy (non-hydrogen) atoms. The number of carbonyl (C=O) groups excluding carboxylic acids is 1. The average molecular weight is 510 g/mol. The van der Waals surface area contributed by atoms with Gasteiger partial charge in [0.15, 0.2) is 16.1 Å². The van der Waals surface area contributed by atoms with Crippen LogP contribution in [0, 0.1) is 6.92 Å². The standard InChI is InChI=1S/C25H27N5OS3/c1-3-12-30-23(19-13-32-21-7-5-4-6-18(19)21)28-29-25(30)34-15-22(31)27-24-26-20(14-33-24)17-10-8-16(2)9-11-17/h8-11,13-14H,3-7,12,15H2,1-2H3,(H,26,27,31). The van der Waals surface area contributed by atoms with E-state index < -0.39 is 0 Å². The lowest BCUT2D eigenvalue weighted by molar-refractivity contribution is -0.113. The molecule has 0 radical (unpaired) electrons. The predicted octanol–water partition coefficient (Wildman–Crippen LogP) is 6.46. The van der Waals surface area contributed by atoms with Gasteiger partial charge in [0.1, 0.15) is 0 Å². The Hall–Kier alpha value is -2.49. The molecule has 0 saturated heterocycles. The fourth-order valence-corrected chi connectivity index (χ4v) is 6.80. The molecule has 9 heteroatoms. The molecule has 1 aliphatic rings. The zero-order chi connectivity index (χ0) is 23.5. The van der Waals surface area contributed by atoms with Crippen LogP contribution in [0.3, 0.4) is 0 Å². The van der Waals surface area contributed by atoms with E-state index in [2.05, 4.69) is 68.6 Å². The fourth-order valence-electron chi connectivity index (χ4n) is 4.17. The SMILES string of the molecule is CCCn1c(SCC(=O)Nc2nc(-c3ccc(C)cc3)cs2)nnc1-c1csc2c1CCCC2. The zero-order valence-corrected chi connectivity index (χ0v) is 21.8. The highest BCUT2D eigenvalue weighted by Gasteiger charge is 2.22. The first kappa shape index (κ1) is 23.3. The second kappa shape index (κ2) is 10.4. The summed E-state index contributed by atoms with van der Waals surface area (Å²) in [6.07, 6.45) is 5.79. The number of aryl methyl sites for hydroxylation is 2. The first-order chi connectivity index (χ1) is 16.6. The number of amides is 1. The maximum absolute atomic E-state index is 12.7. The molecular weight excluding hydrogens is 483 g/mol. The molecule has 0 bridgehead atoms. The largest absolute Gasteiger partial charge is 0.302 e.